The Bertz CT molecular complexity index is 1120. The van der Waals surface area contributed by atoms with E-state index in [4.69, 9.17) is 11.6 Å². The van der Waals surface area contributed by atoms with E-state index in [9.17, 15) is 4.79 Å². The summed E-state index contributed by atoms with van der Waals surface area (Å²) in [6.07, 6.45) is 0. The van der Waals surface area contributed by atoms with Crippen LogP contribution in [0, 0.1) is 3.57 Å². The molecule has 32 heavy (non-hydrogen) atoms. The van der Waals surface area contributed by atoms with E-state index in [-0.39, 0.29) is 5.91 Å². The van der Waals surface area contributed by atoms with E-state index < -0.39 is 0 Å². The normalized spacial score (nSPS) is 14.4. The number of halogens is 4. The van der Waals surface area contributed by atoms with Gasteiger partial charge in [0.05, 0.1) is 5.56 Å². The zero-order chi connectivity index (χ0) is 22.7. The molecule has 0 radical (unpaired) electrons. The lowest BCUT2D eigenvalue weighted by molar-refractivity contribution is 0.102. The van der Waals surface area contributed by atoms with Gasteiger partial charge in [0.2, 0.25) is 0 Å². The third kappa shape index (κ3) is 5.86. The van der Waals surface area contributed by atoms with Crippen LogP contribution in [0.5, 0.6) is 0 Å². The molecule has 0 aromatic heterocycles. The number of hydrogen-bond donors (Lipinski definition) is 1. The quantitative estimate of drug-likeness (QED) is 0.231. The van der Waals surface area contributed by atoms with Crippen molar-refractivity contribution in [2.45, 2.75) is 6.54 Å². The Morgan fingerprint density at radius 1 is 1.00 bits per heavy atom. The zero-order valence-electron chi connectivity index (χ0n) is 17.1. The van der Waals surface area contributed by atoms with Gasteiger partial charge >= 0.3 is 0 Å². The number of piperazine rings is 1. The molecule has 0 atom stereocenters. The van der Waals surface area contributed by atoms with Crippen LogP contribution in [0.25, 0.3) is 0 Å². The maximum Gasteiger partial charge on any atom is 0.256 e. The summed E-state index contributed by atoms with van der Waals surface area (Å²) in [5.74, 6) is -0.127. The van der Waals surface area contributed by atoms with Crippen molar-refractivity contribution >= 4 is 83.3 Å². The number of nitrogens with zero attached hydrogens (tertiary/aromatic N) is 2. The Hall–Kier alpha value is -1.13. The summed E-state index contributed by atoms with van der Waals surface area (Å²) < 4.78 is 2.63. The highest BCUT2D eigenvalue weighted by atomic mass is 127. The van der Waals surface area contributed by atoms with Gasteiger partial charge in [-0.3, -0.25) is 9.69 Å². The van der Waals surface area contributed by atoms with Crippen LogP contribution in [0.15, 0.2) is 69.6 Å². The lowest BCUT2D eigenvalue weighted by Crippen LogP contribution is -2.46. The summed E-state index contributed by atoms with van der Waals surface area (Å²) >= 11 is 15.4. The summed E-state index contributed by atoms with van der Waals surface area (Å²) in [7, 11) is 0. The fourth-order valence-corrected chi connectivity index (χ4v) is 5.68. The molecular weight excluding hydrogens is 668 g/mol. The topological polar surface area (TPSA) is 35.6 Å². The summed E-state index contributed by atoms with van der Waals surface area (Å²) in [6.45, 7) is 4.77. The molecule has 1 amide bonds. The van der Waals surface area contributed by atoms with Crippen LogP contribution in [0.4, 0.5) is 11.4 Å². The minimum Gasteiger partial charge on any atom is -0.369 e. The third-order valence-electron chi connectivity index (χ3n) is 5.45. The van der Waals surface area contributed by atoms with Crippen molar-refractivity contribution in [3.8, 4) is 0 Å². The van der Waals surface area contributed by atoms with Gasteiger partial charge in [-0.25, -0.2) is 0 Å². The number of rotatable bonds is 5. The molecule has 3 aromatic carbocycles. The van der Waals surface area contributed by atoms with E-state index in [2.05, 4.69) is 87.8 Å². The van der Waals surface area contributed by atoms with Gasteiger partial charge in [0.25, 0.3) is 5.91 Å². The molecular formula is C24H21Br2ClIN3O. The first-order chi connectivity index (χ1) is 15.4. The van der Waals surface area contributed by atoms with Gasteiger partial charge in [0.15, 0.2) is 0 Å². The Morgan fingerprint density at radius 3 is 2.38 bits per heavy atom. The van der Waals surface area contributed by atoms with Gasteiger partial charge in [0, 0.05) is 61.6 Å². The second kappa shape index (κ2) is 10.9. The van der Waals surface area contributed by atoms with Crippen molar-refractivity contribution in [2.24, 2.45) is 0 Å². The summed E-state index contributed by atoms with van der Waals surface area (Å²) in [4.78, 5) is 17.6. The standard InChI is InChI=1S/C24H21Br2ClIN3O/c25-17-13-20(23(28)21(26)14-17)24(32)29-18-5-7-19(8-6-18)31-11-9-30(10-12-31)15-16-3-1-2-4-22(16)27/h1-8,13-14H,9-12,15H2,(H,29,32). The van der Waals surface area contributed by atoms with E-state index in [1.165, 1.54) is 11.3 Å². The maximum absolute atomic E-state index is 12.8. The fraction of sp³-hybridized carbons (Fsp3) is 0.208. The minimum absolute atomic E-state index is 0.127. The Kier molecular flexibility index (Phi) is 8.15. The molecule has 1 N–H and O–H groups in total. The molecule has 0 spiro atoms. The van der Waals surface area contributed by atoms with Gasteiger partial charge < -0.3 is 10.2 Å². The van der Waals surface area contributed by atoms with Gasteiger partial charge in [-0.05, 0) is 86.5 Å². The van der Waals surface area contributed by atoms with Crippen LogP contribution < -0.4 is 10.2 Å². The predicted octanol–water partition coefficient (Wildman–Crippen LogP) is 7.04. The van der Waals surface area contributed by atoms with Crippen molar-refractivity contribution in [3.63, 3.8) is 0 Å². The molecule has 4 nitrogen and oxygen atoms in total. The Labute approximate surface area is 223 Å². The van der Waals surface area contributed by atoms with Crippen LogP contribution in [0.1, 0.15) is 15.9 Å². The second-order valence-electron chi connectivity index (χ2n) is 7.60. The highest BCUT2D eigenvalue weighted by Gasteiger charge is 2.19. The van der Waals surface area contributed by atoms with Gasteiger partial charge in [0.1, 0.15) is 0 Å². The second-order valence-corrected chi connectivity index (χ2v) is 10.9. The fourth-order valence-electron chi connectivity index (χ4n) is 3.71. The number of carbonyl (C=O) groups is 1. The van der Waals surface area contributed by atoms with Crippen molar-refractivity contribution in [1.29, 1.82) is 0 Å². The zero-order valence-corrected chi connectivity index (χ0v) is 23.2. The average Bonchev–Trinajstić information content (AvgIpc) is 2.79. The first-order valence-electron chi connectivity index (χ1n) is 10.2. The molecule has 8 heteroatoms. The molecule has 0 saturated carbocycles. The van der Waals surface area contributed by atoms with E-state index in [0.717, 1.165) is 55.9 Å². The smallest absolute Gasteiger partial charge is 0.256 e. The minimum atomic E-state index is -0.127. The largest absolute Gasteiger partial charge is 0.369 e. The SMILES string of the molecule is O=C(Nc1ccc(N2CCN(Cc3ccccc3Cl)CC2)cc1)c1cc(Br)cc(Br)c1I. The molecule has 166 valence electrons. The summed E-state index contributed by atoms with van der Waals surface area (Å²) in [5.41, 5.74) is 3.75. The van der Waals surface area contributed by atoms with Crippen LogP contribution in [-0.2, 0) is 6.54 Å². The highest BCUT2D eigenvalue weighted by molar-refractivity contribution is 14.1. The molecule has 4 rings (SSSR count). The third-order valence-corrected chi connectivity index (χ3v) is 8.81. The Morgan fingerprint density at radius 2 is 1.69 bits per heavy atom. The maximum atomic E-state index is 12.8. The summed E-state index contributed by atoms with van der Waals surface area (Å²) in [5, 5.41) is 3.83. The molecule has 0 unspecified atom stereocenters. The predicted molar refractivity (Wildman–Crippen MR) is 148 cm³/mol. The van der Waals surface area contributed by atoms with E-state index in [1.54, 1.807) is 0 Å². The number of amides is 1. The summed E-state index contributed by atoms with van der Waals surface area (Å²) in [6, 6.07) is 19.9. The molecule has 3 aromatic rings. The van der Waals surface area contributed by atoms with Crippen molar-refractivity contribution in [1.82, 2.24) is 4.90 Å². The monoisotopic (exact) mass is 687 g/mol. The lowest BCUT2D eigenvalue weighted by Gasteiger charge is -2.36. The van der Waals surface area contributed by atoms with E-state index >= 15 is 0 Å². The molecule has 1 saturated heterocycles. The molecule has 1 fully saturated rings. The van der Waals surface area contributed by atoms with Crippen molar-refractivity contribution in [2.75, 3.05) is 36.4 Å². The Balaban J connectivity index is 1.34. The number of carbonyl (C=O) groups excluding carboxylic acids is 1. The first kappa shape index (κ1) is 24.0. The van der Waals surface area contributed by atoms with Crippen LogP contribution in [0.2, 0.25) is 5.02 Å². The number of nitrogens with one attached hydrogen (secondary N) is 1. The molecule has 0 bridgehead atoms. The van der Waals surface area contributed by atoms with Crippen molar-refractivity contribution in [3.05, 3.63) is 89.3 Å². The molecule has 1 aliphatic rings. The first-order valence-corrected chi connectivity index (χ1v) is 13.2. The van der Waals surface area contributed by atoms with E-state index in [1.807, 2.05) is 42.5 Å². The average molecular weight is 690 g/mol. The van der Waals surface area contributed by atoms with Gasteiger partial charge in [-0.1, -0.05) is 45.7 Å². The van der Waals surface area contributed by atoms with Gasteiger partial charge in [-0.15, -0.1) is 0 Å². The number of benzene rings is 3. The van der Waals surface area contributed by atoms with Crippen LogP contribution in [0.3, 0.4) is 0 Å². The molecule has 1 heterocycles. The lowest BCUT2D eigenvalue weighted by atomic mass is 10.1. The highest BCUT2D eigenvalue weighted by Crippen LogP contribution is 2.28. The van der Waals surface area contributed by atoms with E-state index in [0.29, 0.717) is 5.56 Å². The molecule has 1 aliphatic heterocycles. The van der Waals surface area contributed by atoms with Crippen LogP contribution >= 0.6 is 66.1 Å². The van der Waals surface area contributed by atoms with Crippen molar-refractivity contribution < 1.29 is 4.79 Å². The number of anilines is 2. The van der Waals surface area contributed by atoms with Gasteiger partial charge in [-0.2, -0.15) is 0 Å². The van der Waals surface area contributed by atoms with Crippen LogP contribution in [-0.4, -0.2) is 37.0 Å². The molecule has 0 aliphatic carbocycles. The number of hydrogen-bond acceptors (Lipinski definition) is 3.